The third-order valence-electron chi connectivity index (χ3n) is 3.07. The van der Waals surface area contributed by atoms with Crippen molar-refractivity contribution in [2.24, 2.45) is 0 Å². The molecule has 0 aliphatic carbocycles. The Kier molecular flexibility index (Phi) is 4.65. The van der Waals surface area contributed by atoms with E-state index in [1.807, 2.05) is 30.3 Å². The van der Waals surface area contributed by atoms with Crippen LogP contribution in [-0.2, 0) is 9.53 Å². The molecule has 0 bridgehead atoms. The lowest BCUT2D eigenvalue weighted by molar-refractivity contribution is -0.164. The summed E-state index contributed by atoms with van der Waals surface area (Å²) in [5, 5.41) is 0. The maximum absolute atomic E-state index is 13.7. The smallest absolute Gasteiger partial charge is 0.404 e. The van der Waals surface area contributed by atoms with E-state index in [-0.39, 0.29) is 12.2 Å². The number of hydrogen-bond acceptors (Lipinski definition) is 3. The summed E-state index contributed by atoms with van der Waals surface area (Å²) in [6.45, 7) is 1.18. The first-order valence-electron chi connectivity index (χ1n) is 6.72. The second-order valence-electron chi connectivity index (χ2n) is 4.57. The van der Waals surface area contributed by atoms with E-state index in [0.29, 0.717) is 0 Å². The first-order chi connectivity index (χ1) is 10.5. The third-order valence-corrected chi connectivity index (χ3v) is 3.07. The molecule has 114 valence electrons. The summed E-state index contributed by atoms with van der Waals surface area (Å²) >= 11 is 0. The molecule has 3 nitrogen and oxygen atoms in total. The molecule has 5 heteroatoms. The zero-order valence-corrected chi connectivity index (χ0v) is 11.9. The summed E-state index contributed by atoms with van der Waals surface area (Å²) in [6, 6.07) is 15.0. The highest BCUT2D eigenvalue weighted by atomic mass is 19.3. The Hall–Kier alpha value is -2.56. The minimum atomic E-state index is -4.18. The summed E-state index contributed by atoms with van der Waals surface area (Å²) in [7, 11) is 0. The lowest BCUT2D eigenvalue weighted by Crippen LogP contribution is -2.39. The fourth-order valence-corrected chi connectivity index (χ4v) is 1.94. The molecule has 0 atom stereocenters. The van der Waals surface area contributed by atoms with Crippen molar-refractivity contribution in [2.75, 3.05) is 6.61 Å². The van der Waals surface area contributed by atoms with Gasteiger partial charge in [-0.15, -0.1) is 0 Å². The van der Waals surface area contributed by atoms with E-state index >= 15 is 0 Å². The maximum Gasteiger partial charge on any atom is 0.404 e. The molecule has 0 unspecified atom stereocenters. The molecule has 0 radical (unpaired) electrons. The highest BCUT2D eigenvalue weighted by Gasteiger charge is 2.49. The second-order valence-corrected chi connectivity index (χ2v) is 4.57. The molecular weight excluding hydrogens is 290 g/mol. The zero-order valence-electron chi connectivity index (χ0n) is 11.9. The molecule has 0 saturated carbocycles. The van der Waals surface area contributed by atoms with Crippen LogP contribution in [0.15, 0.2) is 54.6 Å². The van der Waals surface area contributed by atoms with Crippen LogP contribution >= 0.6 is 0 Å². The largest absolute Gasteiger partial charge is 0.461 e. The van der Waals surface area contributed by atoms with Crippen molar-refractivity contribution >= 4 is 11.8 Å². The molecule has 0 aliphatic heterocycles. The maximum atomic E-state index is 13.7. The quantitative estimate of drug-likeness (QED) is 0.480. The van der Waals surface area contributed by atoms with E-state index in [4.69, 9.17) is 0 Å². The molecule has 2 rings (SSSR count). The standard InChI is InChI=1S/C17H14F2O3/c1-2-22-16(21)17(18,19)15(20)14-10-8-13(9-11-14)12-6-4-3-5-7-12/h3-11H,2H2,1H3. The average molecular weight is 304 g/mol. The summed E-state index contributed by atoms with van der Waals surface area (Å²) in [5.41, 5.74) is 1.45. The van der Waals surface area contributed by atoms with Crippen molar-refractivity contribution in [3.63, 3.8) is 0 Å². The van der Waals surface area contributed by atoms with Gasteiger partial charge >= 0.3 is 11.9 Å². The van der Waals surface area contributed by atoms with Crippen LogP contribution in [-0.4, -0.2) is 24.3 Å². The molecule has 0 aromatic heterocycles. The van der Waals surface area contributed by atoms with Gasteiger partial charge in [0.25, 0.3) is 0 Å². The van der Waals surface area contributed by atoms with Crippen LogP contribution in [0.3, 0.4) is 0 Å². The number of Topliss-reactive ketones (excluding diaryl/α,β-unsaturated/α-hetero) is 1. The summed E-state index contributed by atoms with van der Waals surface area (Å²) < 4.78 is 31.6. The van der Waals surface area contributed by atoms with Crippen molar-refractivity contribution in [3.05, 3.63) is 60.2 Å². The van der Waals surface area contributed by atoms with Crippen LogP contribution in [0, 0.1) is 0 Å². The summed E-state index contributed by atoms with van der Waals surface area (Å²) in [5.74, 6) is -7.57. The van der Waals surface area contributed by atoms with Crippen LogP contribution < -0.4 is 0 Å². The molecule has 0 N–H and O–H groups in total. The minimum absolute atomic E-state index is 0.214. The molecular formula is C17H14F2O3. The van der Waals surface area contributed by atoms with Crippen molar-refractivity contribution in [1.29, 1.82) is 0 Å². The van der Waals surface area contributed by atoms with Gasteiger partial charge in [-0.1, -0.05) is 54.6 Å². The SMILES string of the molecule is CCOC(=O)C(F)(F)C(=O)c1ccc(-c2ccccc2)cc1. The van der Waals surface area contributed by atoms with Gasteiger partial charge in [-0.3, -0.25) is 4.79 Å². The van der Waals surface area contributed by atoms with Crippen molar-refractivity contribution in [2.45, 2.75) is 12.8 Å². The van der Waals surface area contributed by atoms with Gasteiger partial charge in [-0.2, -0.15) is 8.78 Å². The molecule has 0 saturated heterocycles. The monoisotopic (exact) mass is 304 g/mol. The van der Waals surface area contributed by atoms with Crippen LogP contribution in [0.1, 0.15) is 17.3 Å². The van der Waals surface area contributed by atoms with Crippen molar-refractivity contribution < 1.29 is 23.1 Å². The first kappa shape index (κ1) is 15.8. The Labute approximate surface area is 126 Å². The number of ether oxygens (including phenoxy) is 1. The summed E-state index contributed by atoms with van der Waals surface area (Å²) in [6.07, 6.45) is 0. The predicted molar refractivity (Wildman–Crippen MR) is 77.8 cm³/mol. The summed E-state index contributed by atoms with van der Waals surface area (Å²) in [4.78, 5) is 23.0. The van der Waals surface area contributed by atoms with Gasteiger partial charge in [0.2, 0.25) is 5.78 Å². The number of esters is 1. The van der Waals surface area contributed by atoms with Crippen molar-refractivity contribution in [3.8, 4) is 11.1 Å². The third kappa shape index (κ3) is 3.19. The van der Waals surface area contributed by atoms with Crippen LogP contribution in [0.4, 0.5) is 8.78 Å². The molecule has 2 aromatic carbocycles. The van der Waals surface area contributed by atoms with Gasteiger partial charge in [-0.25, -0.2) is 4.79 Å². The van der Waals surface area contributed by atoms with Gasteiger partial charge in [-0.05, 0) is 18.1 Å². The van der Waals surface area contributed by atoms with E-state index in [1.165, 1.54) is 19.1 Å². The Balaban J connectivity index is 2.23. The number of rotatable bonds is 5. The molecule has 0 amide bonds. The number of ketones is 1. The molecule has 22 heavy (non-hydrogen) atoms. The van der Waals surface area contributed by atoms with E-state index in [2.05, 4.69) is 4.74 Å². The lowest BCUT2D eigenvalue weighted by atomic mass is 10.0. The van der Waals surface area contributed by atoms with Crippen LogP contribution in [0.5, 0.6) is 0 Å². The highest BCUT2D eigenvalue weighted by molar-refractivity contribution is 6.13. The molecule has 0 aliphatic rings. The van der Waals surface area contributed by atoms with Gasteiger partial charge in [0.1, 0.15) is 0 Å². The normalized spacial score (nSPS) is 11.0. The zero-order chi connectivity index (χ0) is 16.2. The Morgan fingerprint density at radius 2 is 1.50 bits per heavy atom. The predicted octanol–water partition coefficient (Wildman–Crippen LogP) is 3.73. The fraction of sp³-hybridized carbons (Fsp3) is 0.176. The van der Waals surface area contributed by atoms with Gasteiger partial charge in [0.05, 0.1) is 6.61 Å². The first-order valence-corrected chi connectivity index (χ1v) is 6.72. The van der Waals surface area contributed by atoms with E-state index in [9.17, 15) is 18.4 Å². The Morgan fingerprint density at radius 1 is 0.955 bits per heavy atom. The van der Waals surface area contributed by atoms with Gasteiger partial charge in [0, 0.05) is 5.56 Å². The number of benzene rings is 2. The van der Waals surface area contributed by atoms with E-state index in [1.54, 1.807) is 12.1 Å². The number of alkyl halides is 2. The molecule has 2 aromatic rings. The Morgan fingerprint density at radius 3 is 2.05 bits per heavy atom. The number of hydrogen-bond donors (Lipinski definition) is 0. The minimum Gasteiger partial charge on any atom is -0.461 e. The highest BCUT2D eigenvalue weighted by Crippen LogP contribution is 2.25. The lowest BCUT2D eigenvalue weighted by Gasteiger charge is -2.13. The molecule has 0 spiro atoms. The van der Waals surface area contributed by atoms with Crippen LogP contribution in [0.2, 0.25) is 0 Å². The average Bonchev–Trinajstić information content (AvgIpc) is 2.55. The van der Waals surface area contributed by atoms with E-state index < -0.39 is 17.7 Å². The van der Waals surface area contributed by atoms with Gasteiger partial charge < -0.3 is 4.74 Å². The fourth-order valence-electron chi connectivity index (χ4n) is 1.94. The Bertz CT molecular complexity index is 664. The van der Waals surface area contributed by atoms with E-state index in [0.717, 1.165) is 11.1 Å². The number of halogens is 2. The van der Waals surface area contributed by atoms with Gasteiger partial charge in [0.15, 0.2) is 0 Å². The molecule has 0 fully saturated rings. The topological polar surface area (TPSA) is 43.4 Å². The van der Waals surface area contributed by atoms with Crippen LogP contribution in [0.25, 0.3) is 11.1 Å². The second kappa shape index (κ2) is 6.47. The molecule has 0 heterocycles. The number of carbonyl (C=O) groups is 2. The van der Waals surface area contributed by atoms with Crippen molar-refractivity contribution in [1.82, 2.24) is 0 Å². The number of carbonyl (C=O) groups excluding carboxylic acids is 2.